The molecule has 4 nitrogen and oxygen atoms in total. The molecule has 0 aliphatic heterocycles. The van der Waals surface area contributed by atoms with Gasteiger partial charge in [-0.15, -0.1) is 0 Å². The molecule has 0 saturated heterocycles. The number of amidine groups is 1. The van der Waals surface area contributed by atoms with E-state index in [0.29, 0.717) is 23.5 Å². The van der Waals surface area contributed by atoms with Gasteiger partial charge in [0.2, 0.25) is 0 Å². The molecule has 0 aromatic carbocycles. The summed E-state index contributed by atoms with van der Waals surface area (Å²) >= 11 is 0. The third-order valence-electron chi connectivity index (χ3n) is 8.06. The monoisotopic (exact) mass is 330 g/mol. The average molecular weight is 330 g/mol. The number of carbonyl (C=O) groups excluding carboxylic acids is 1. The molecule has 24 heavy (non-hydrogen) atoms. The van der Waals surface area contributed by atoms with Crippen molar-refractivity contribution in [1.29, 1.82) is 5.41 Å². The van der Waals surface area contributed by atoms with Crippen LogP contribution in [0.15, 0.2) is 11.6 Å². The largest absolute Gasteiger partial charge is 0.462 e. The molecule has 6 atom stereocenters. The number of ketones is 1. The van der Waals surface area contributed by atoms with Crippen LogP contribution in [0.25, 0.3) is 0 Å². The molecule has 0 radical (unpaired) electrons. The highest BCUT2D eigenvalue weighted by molar-refractivity contribution is 5.87. The third kappa shape index (κ3) is 2.18. The first-order valence-corrected chi connectivity index (χ1v) is 9.58. The van der Waals surface area contributed by atoms with Crippen LogP contribution in [0.1, 0.15) is 65.2 Å². The normalized spacial score (nSPS) is 47.2. The van der Waals surface area contributed by atoms with Crippen LogP contribution in [0.2, 0.25) is 0 Å². The van der Waals surface area contributed by atoms with Crippen LogP contribution < -0.4 is 5.73 Å². The van der Waals surface area contributed by atoms with E-state index in [1.54, 1.807) is 0 Å². The van der Waals surface area contributed by atoms with Crippen molar-refractivity contribution >= 4 is 11.8 Å². The minimum atomic E-state index is -0.157. The van der Waals surface area contributed by atoms with Gasteiger partial charge in [-0.1, -0.05) is 25.5 Å². The average Bonchev–Trinajstić information content (AvgIpc) is 2.83. The number of fused-ring (bicyclic) bond motifs is 5. The molecule has 0 bridgehead atoms. The smallest absolute Gasteiger partial charge is 0.279 e. The number of ether oxygens (including phenoxy) is 1. The number of carbonyl (C=O) groups is 1. The Morgan fingerprint density at radius 2 is 1.92 bits per heavy atom. The van der Waals surface area contributed by atoms with Gasteiger partial charge in [-0.05, 0) is 61.7 Å². The third-order valence-corrected chi connectivity index (χ3v) is 8.06. The lowest BCUT2D eigenvalue weighted by atomic mass is 9.48. The van der Waals surface area contributed by atoms with Gasteiger partial charge in [-0.2, -0.15) is 0 Å². The lowest BCUT2D eigenvalue weighted by molar-refractivity contribution is -0.131. The molecule has 0 heterocycles. The molecule has 0 spiro atoms. The molecule has 132 valence electrons. The fraction of sp³-hybridized carbons (Fsp3) is 0.800. The number of allylic oxidation sites excluding steroid dienone is 1. The Bertz CT molecular complexity index is 613. The minimum Gasteiger partial charge on any atom is -0.462 e. The van der Waals surface area contributed by atoms with Crippen LogP contribution in [0, 0.1) is 34.0 Å². The Labute approximate surface area is 144 Å². The van der Waals surface area contributed by atoms with E-state index in [1.165, 1.54) is 12.0 Å². The van der Waals surface area contributed by atoms with E-state index in [0.717, 1.165) is 44.9 Å². The van der Waals surface area contributed by atoms with Crippen molar-refractivity contribution in [2.45, 2.75) is 71.3 Å². The van der Waals surface area contributed by atoms with Crippen molar-refractivity contribution in [3.8, 4) is 0 Å². The summed E-state index contributed by atoms with van der Waals surface area (Å²) in [5, 5.41) is 7.38. The summed E-state index contributed by atoms with van der Waals surface area (Å²) in [6.07, 6.45) is 10.8. The van der Waals surface area contributed by atoms with Crippen molar-refractivity contribution in [3.05, 3.63) is 11.6 Å². The second kappa shape index (κ2) is 5.34. The topological polar surface area (TPSA) is 76.2 Å². The fourth-order valence-electron chi connectivity index (χ4n) is 6.68. The van der Waals surface area contributed by atoms with Crippen molar-refractivity contribution < 1.29 is 9.53 Å². The Morgan fingerprint density at radius 3 is 2.67 bits per heavy atom. The van der Waals surface area contributed by atoms with Crippen LogP contribution in [-0.2, 0) is 9.53 Å². The van der Waals surface area contributed by atoms with Crippen molar-refractivity contribution in [2.75, 3.05) is 0 Å². The number of Topliss-reactive ketones (excluding diaryl/α,β-unsaturated/α-hetero) is 1. The van der Waals surface area contributed by atoms with E-state index in [1.807, 2.05) is 0 Å². The predicted octanol–water partition coefficient (Wildman–Crippen LogP) is 3.80. The summed E-state index contributed by atoms with van der Waals surface area (Å²) in [4.78, 5) is 12.4. The summed E-state index contributed by atoms with van der Waals surface area (Å²) in [6.45, 7) is 4.68. The number of nitrogens with two attached hydrogens (primary N) is 1. The van der Waals surface area contributed by atoms with E-state index in [9.17, 15) is 4.79 Å². The first kappa shape index (κ1) is 16.2. The molecule has 3 fully saturated rings. The molecule has 0 aromatic heterocycles. The summed E-state index contributed by atoms with van der Waals surface area (Å²) in [5.41, 5.74) is 7.16. The molecule has 4 heteroatoms. The quantitative estimate of drug-likeness (QED) is 0.436. The van der Waals surface area contributed by atoms with Gasteiger partial charge in [0.25, 0.3) is 6.02 Å². The standard InChI is InChI=1S/C20H30N2O2/c1-19-9-7-13(24-18(21)22)11-12(19)3-4-14-15-5-6-17(23)20(15,2)10-8-16(14)19/h3,13-16H,4-11H2,1-2H3,(H3,21,22). The van der Waals surface area contributed by atoms with Crippen LogP contribution in [0.4, 0.5) is 0 Å². The molecule has 0 aromatic rings. The lowest BCUT2D eigenvalue weighted by Gasteiger charge is -2.56. The molecule has 4 aliphatic carbocycles. The maximum absolute atomic E-state index is 12.4. The van der Waals surface area contributed by atoms with Crippen LogP contribution >= 0.6 is 0 Å². The second-order valence-electron chi connectivity index (χ2n) is 9.02. The number of hydrogen-bond donors (Lipinski definition) is 2. The predicted molar refractivity (Wildman–Crippen MR) is 93.5 cm³/mol. The Morgan fingerprint density at radius 1 is 1.21 bits per heavy atom. The fourth-order valence-corrected chi connectivity index (χ4v) is 6.68. The molecule has 4 aliphatic rings. The van der Waals surface area contributed by atoms with Crippen LogP contribution in [-0.4, -0.2) is 17.9 Å². The van der Waals surface area contributed by atoms with Gasteiger partial charge < -0.3 is 10.5 Å². The number of nitrogens with one attached hydrogen (secondary N) is 1. The molecule has 0 amide bonds. The molecule has 3 saturated carbocycles. The van der Waals surface area contributed by atoms with Gasteiger partial charge in [0.05, 0.1) is 0 Å². The van der Waals surface area contributed by atoms with Crippen molar-refractivity contribution in [3.63, 3.8) is 0 Å². The zero-order valence-corrected chi connectivity index (χ0v) is 14.9. The van der Waals surface area contributed by atoms with Gasteiger partial charge in [-0.25, -0.2) is 0 Å². The Balaban J connectivity index is 1.60. The minimum absolute atomic E-state index is 0.0438. The Hall–Kier alpha value is -1.32. The van der Waals surface area contributed by atoms with Gasteiger partial charge in [-0.3, -0.25) is 10.2 Å². The van der Waals surface area contributed by atoms with E-state index in [4.69, 9.17) is 15.9 Å². The molecular formula is C20H30N2O2. The van der Waals surface area contributed by atoms with Gasteiger partial charge >= 0.3 is 0 Å². The van der Waals surface area contributed by atoms with E-state index in [-0.39, 0.29) is 23.0 Å². The maximum Gasteiger partial charge on any atom is 0.279 e. The SMILES string of the molecule is CC12CCC3C(CC=C4CC(OC(=N)N)CCC43C)C1CCC2=O. The highest BCUT2D eigenvalue weighted by atomic mass is 16.5. The summed E-state index contributed by atoms with van der Waals surface area (Å²) in [7, 11) is 0. The summed E-state index contributed by atoms with van der Waals surface area (Å²) in [6, 6.07) is -0.157. The molecule has 4 rings (SSSR count). The zero-order valence-electron chi connectivity index (χ0n) is 14.9. The summed E-state index contributed by atoms with van der Waals surface area (Å²) in [5.74, 6) is 2.49. The van der Waals surface area contributed by atoms with E-state index in [2.05, 4.69) is 19.9 Å². The highest BCUT2D eigenvalue weighted by Crippen LogP contribution is 2.64. The molecule has 3 N–H and O–H groups in total. The lowest BCUT2D eigenvalue weighted by Crippen LogP contribution is -2.50. The van der Waals surface area contributed by atoms with E-state index < -0.39 is 0 Å². The number of hydrogen-bond acceptors (Lipinski definition) is 3. The molecule has 6 unspecified atom stereocenters. The molecular weight excluding hydrogens is 300 g/mol. The van der Waals surface area contributed by atoms with E-state index >= 15 is 0 Å². The highest BCUT2D eigenvalue weighted by Gasteiger charge is 2.58. The van der Waals surface area contributed by atoms with Gasteiger partial charge in [0.15, 0.2) is 0 Å². The van der Waals surface area contributed by atoms with Crippen molar-refractivity contribution in [2.24, 2.45) is 34.3 Å². The first-order valence-electron chi connectivity index (χ1n) is 9.58. The van der Waals surface area contributed by atoms with Gasteiger partial charge in [0, 0.05) is 18.3 Å². The van der Waals surface area contributed by atoms with Crippen molar-refractivity contribution in [1.82, 2.24) is 0 Å². The summed E-state index contributed by atoms with van der Waals surface area (Å²) < 4.78 is 5.50. The van der Waals surface area contributed by atoms with Crippen LogP contribution in [0.3, 0.4) is 0 Å². The Kier molecular flexibility index (Phi) is 3.59. The number of rotatable bonds is 1. The maximum atomic E-state index is 12.4. The first-order chi connectivity index (χ1) is 11.3. The zero-order chi connectivity index (χ0) is 17.1. The second-order valence-corrected chi connectivity index (χ2v) is 9.02. The van der Waals surface area contributed by atoms with Crippen LogP contribution in [0.5, 0.6) is 0 Å². The van der Waals surface area contributed by atoms with Gasteiger partial charge in [0.1, 0.15) is 11.9 Å².